The average molecular weight is 159 g/mol. The summed E-state index contributed by atoms with van der Waals surface area (Å²) in [5.41, 5.74) is 0. The van der Waals surface area contributed by atoms with Crippen LogP contribution in [0.4, 0.5) is 0 Å². The molecule has 0 aliphatic carbocycles. The monoisotopic (exact) mass is 159 g/mol. The SMILES string of the molecule is CCC(C)N(C)CCC(=O)O. The minimum absolute atomic E-state index is 0.237. The maximum absolute atomic E-state index is 10.2. The third-order valence-electron chi connectivity index (χ3n) is 2.02. The summed E-state index contributed by atoms with van der Waals surface area (Å²) in [6.45, 7) is 4.84. The van der Waals surface area contributed by atoms with E-state index < -0.39 is 5.97 Å². The number of hydrogen-bond acceptors (Lipinski definition) is 2. The molecule has 66 valence electrons. The number of carbonyl (C=O) groups is 1. The summed E-state index contributed by atoms with van der Waals surface area (Å²) in [7, 11) is 1.96. The molecule has 3 heteroatoms. The van der Waals surface area contributed by atoms with Crippen LogP contribution >= 0.6 is 0 Å². The van der Waals surface area contributed by atoms with Gasteiger partial charge in [-0.25, -0.2) is 0 Å². The van der Waals surface area contributed by atoms with Crippen molar-refractivity contribution in [2.24, 2.45) is 0 Å². The van der Waals surface area contributed by atoms with Crippen LogP contribution in [0.5, 0.6) is 0 Å². The minimum Gasteiger partial charge on any atom is -0.481 e. The molecule has 0 heterocycles. The van der Waals surface area contributed by atoms with Crippen LogP contribution in [0.3, 0.4) is 0 Å². The van der Waals surface area contributed by atoms with Gasteiger partial charge in [0.1, 0.15) is 0 Å². The summed E-state index contributed by atoms with van der Waals surface area (Å²) in [5.74, 6) is -0.722. The summed E-state index contributed by atoms with van der Waals surface area (Å²) in [4.78, 5) is 12.3. The lowest BCUT2D eigenvalue weighted by molar-refractivity contribution is -0.137. The van der Waals surface area contributed by atoms with Gasteiger partial charge in [0.2, 0.25) is 0 Å². The summed E-state index contributed by atoms with van der Waals surface area (Å²) < 4.78 is 0. The summed E-state index contributed by atoms with van der Waals surface area (Å²) in [6, 6.07) is 0.481. The Morgan fingerprint density at radius 2 is 2.18 bits per heavy atom. The molecule has 1 N–H and O–H groups in total. The predicted octanol–water partition coefficient (Wildman–Crippen LogP) is 1.19. The Labute approximate surface area is 68.0 Å². The summed E-state index contributed by atoms with van der Waals surface area (Å²) >= 11 is 0. The first-order chi connectivity index (χ1) is 5.07. The number of carboxylic acid groups (broad SMARTS) is 1. The van der Waals surface area contributed by atoms with Crippen molar-refractivity contribution in [2.45, 2.75) is 32.7 Å². The standard InChI is InChI=1S/C8H17NO2/c1-4-7(2)9(3)6-5-8(10)11/h7H,4-6H2,1-3H3,(H,10,11). The summed E-state index contributed by atoms with van der Waals surface area (Å²) in [6.07, 6.45) is 1.30. The van der Waals surface area contributed by atoms with Gasteiger partial charge in [-0.2, -0.15) is 0 Å². The zero-order valence-electron chi connectivity index (χ0n) is 7.50. The van der Waals surface area contributed by atoms with E-state index >= 15 is 0 Å². The predicted molar refractivity (Wildman–Crippen MR) is 44.6 cm³/mol. The van der Waals surface area contributed by atoms with Crippen LogP contribution in [-0.4, -0.2) is 35.6 Å². The molecule has 0 bridgehead atoms. The molecule has 0 aromatic heterocycles. The fraction of sp³-hybridized carbons (Fsp3) is 0.875. The zero-order valence-corrected chi connectivity index (χ0v) is 7.50. The average Bonchev–Trinajstić information content (AvgIpc) is 1.98. The topological polar surface area (TPSA) is 40.5 Å². The quantitative estimate of drug-likeness (QED) is 0.655. The first-order valence-electron chi connectivity index (χ1n) is 4.00. The van der Waals surface area contributed by atoms with Crippen LogP contribution in [-0.2, 0) is 4.79 Å². The number of hydrogen-bond donors (Lipinski definition) is 1. The minimum atomic E-state index is -0.722. The molecule has 0 amide bonds. The third-order valence-corrected chi connectivity index (χ3v) is 2.02. The Morgan fingerprint density at radius 1 is 1.64 bits per heavy atom. The molecule has 0 aromatic rings. The van der Waals surface area contributed by atoms with Crippen molar-refractivity contribution < 1.29 is 9.90 Å². The molecule has 1 atom stereocenters. The van der Waals surface area contributed by atoms with Gasteiger partial charge in [0.15, 0.2) is 0 Å². The second-order valence-electron chi connectivity index (χ2n) is 2.88. The van der Waals surface area contributed by atoms with Crippen LogP contribution in [0.25, 0.3) is 0 Å². The lowest BCUT2D eigenvalue weighted by Crippen LogP contribution is -2.30. The van der Waals surface area contributed by atoms with Crippen molar-refractivity contribution in [1.82, 2.24) is 4.90 Å². The maximum Gasteiger partial charge on any atom is 0.304 e. The van der Waals surface area contributed by atoms with Gasteiger partial charge in [-0.1, -0.05) is 6.92 Å². The molecule has 11 heavy (non-hydrogen) atoms. The Bertz CT molecular complexity index is 125. The molecule has 0 rings (SSSR count). The normalized spacial score (nSPS) is 13.5. The highest BCUT2D eigenvalue weighted by Gasteiger charge is 2.07. The molecule has 0 fully saturated rings. The number of aliphatic carboxylic acids is 1. The largest absolute Gasteiger partial charge is 0.481 e. The second kappa shape index (κ2) is 5.13. The molecule has 0 spiro atoms. The molecule has 0 aliphatic rings. The highest BCUT2D eigenvalue weighted by molar-refractivity contribution is 5.66. The molecule has 3 nitrogen and oxygen atoms in total. The van der Waals surface area contributed by atoms with Gasteiger partial charge in [-0.15, -0.1) is 0 Å². The van der Waals surface area contributed by atoms with Crippen LogP contribution in [0.15, 0.2) is 0 Å². The van der Waals surface area contributed by atoms with Gasteiger partial charge in [-0.05, 0) is 20.4 Å². The number of rotatable bonds is 5. The molecular formula is C8H17NO2. The van der Waals surface area contributed by atoms with Crippen molar-refractivity contribution in [3.63, 3.8) is 0 Å². The van der Waals surface area contributed by atoms with Crippen LogP contribution in [0, 0.1) is 0 Å². The van der Waals surface area contributed by atoms with E-state index in [1.807, 2.05) is 7.05 Å². The Balaban J connectivity index is 3.51. The van der Waals surface area contributed by atoms with Crippen molar-refractivity contribution in [2.75, 3.05) is 13.6 Å². The van der Waals surface area contributed by atoms with Crippen molar-refractivity contribution in [3.05, 3.63) is 0 Å². The Morgan fingerprint density at radius 3 is 2.55 bits per heavy atom. The van der Waals surface area contributed by atoms with Crippen LogP contribution in [0.2, 0.25) is 0 Å². The van der Waals surface area contributed by atoms with E-state index in [1.54, 1.807) is 0 Å². The van der Waals surface area contributed by atoms with Gasteiger partial charge in [0.05, 0.1) is 6.42 Å². The van der Waals surface area contributed by atoms with E-state index in [4.69, 9.17) is 5.11 Å². The van der Waals surface area contributed by atoms with Crippen LogP contribution in [0.1, 0.15) is 26.7 Å². The highest BCUT2D eigenvalue weighted by atomic mass is 16.4. The third kappa shape index (κ3) is 4.79. The molecule has 0 saturated carbocycles. The first-order valence-corrected chi connectivity index (χ1v) is 4.00. The van der Waals surface area contributed by atoms with Gasteiger partial charge in [-0.3, -0.25) is 4.79 Å². The number of carboxylic acids is 1. The van der Waals surface area contributed by atoms with Gasteiger partial charge in [0, 0.05) is 12.6 Å². The molecule has 0 saturated heterocycles. The first kappa shape index (κ1) is 10.4. The molecule has 0 aromatic carbocycles. The Hall–Kier alpha value is -0.570. The summed E-state index contributed by atoms with van der Waals surface area (Å²) in [5, 5.41) is 8.39. The van der Waals surface area contributed by atoms with Crippen molar-refractivity contribution >= 4 is 5.97 Å². The van der Waals surface area contributed by atoms with Crippen molar-refractivity contribution in [1.29, 1.82) is 0 Å². The van der Waals surface area contributed by atoms with E-state index in [9.17, 15) is 4.79 Å². The molecule has 1 unspecified atom stereocenters. The van der Waals surface area contributed by atoms with Gasteiger partial charge >= 0.3 is 5.97 Å². The second-order valence-corrected chi connectivity index (χ2v) is 2.88. The van der Waals surface area contributed by atoms with E-state index in [0.717, 1.165) is 6.42 Å². The van der Waals surface area contributed by atoms with Gasteiger partial charge < -0.3 is 10.0 Å². The van der Waals surface area contributed by atoms with Crippen LogP contribution < -0.4 is 0 Å². The Kier molecular flexibility index (Phi) is 4.86. The lowest BCUT2D eigenvalue weighted by Gasteiger charge is -2.22. The fourth-order valence-electron chi connectivity index (χ4n) is 0.804. The van der Waals surface area contributed by atoms with Gasteiger partial charge in [0.25, 0.3) is 0 Å². The van der Waals surface area contributed by atoms with Crippen molar-refractivity contribution in [3.8, 4) is 0 Å². The van der Waals surface area contributed by atoms with E-state index in [1.165, 1.54) is 0 Å². The van der Waals surface area contributed by atoms with E-state index in [2.05, 4.69) is 18.7 Å². The number of nitrogens with zero attached hydrogens (tertiary/aromatic N) is 1. The van der Waals surface area contributed by atoms with E-state index in [-0.39, 0.29) is 6.42 Å². The fourth-order valence-corrected chi connectivity index (χ4v) is 0.804. The van der Waals surface area contributed by atoms with E-state index in [0.29, 0.717) is 12.6 Å². The molecule has 0 aliphatic heterocycles. The highest BCUT2D eigenvalue weighted by Crippen LogP contribution is 2.00. The lowest BCUT2D eigenvalue weighted by atomic mass is 10.2. The zero-order chi connectivity index (χ0) is 8.85. The molecular weight excluding hydrogens is 142 g/mol. The molecule has 0 radical (unpaired) electrons. The maximum atomic E-state index is 10.2. The smallest absolute Gasteiger partial charge is 0.304 e.